The molecule has 0 saturated heterocycles. The highest BCUT2D eigenvalue weighted by Crippen LogP contribution is 2.28. The zero-order valence-electron chi connectivity index (χ0n) is 15.9. The lowest BCUT2D eigenvalue weighted by Gasteiger charge is -2.14. The Labute approximate surface area is 167 Å². The number of carbonyl (C=O) groups is 1. The van der Waals surface area contributed by atoms with Crippen molar-refractivity contribution in [2.24, 2.45) is 5.14 Å². The van der Waals surface area contributed by atoms with Crippen LogP contribution < -0.4 is 15.2 Å². The van der Waals surface area contributed by atoms with E-state index >= 15 is 0 Å². The predicted octanol–water partition coefficient (Wildman–Crippen LogP) is 2.07. The number of aromatic nitrogens is 2. The molecule has 0 atom stereocenters. The quantitative estimate of drug-likeness (QED) is 0.559. The van der Waals surface area contributed by atoms with Gasteiger partial charge in [-0.25, -0.2) is 23.3 Å². The molecule has 10 heteroatoms. The van der Waals surface area contributed by atoms with Gasteiger partial charge in [0.05, 0.1) is 24.3 Å². The molecule has 3 N–H and O–H groups in total. The van der Waals surface area contributed by atoms with Gasteiger partial charge in [-0.05, 0) is 30.7 Å². The number of fused-ring (bicyclic) bond motifs is 1. The van der Waals surface area contributed by atoms with Gasteiger partial charge in [-0.2, -0.15) is 4.98 Å². The first-order valence-corrected chi connectivity index (χ1v) is 10.2. The van der Waals surface area contributed by atoms with Gasteiger partial charge in [-0.1, -0.05) is 12.1 Å². The summed E-state index contributed by atoms with van der Waals surface area (Å²) in [6.45, 7) is 2.27. The van der Waals surface area contributed by atoms with Crippen molar-refractivity contribution in [2.45, 2.75) is 18.4 Å². The lowest BCUT2D eigenvalue weighted by Crippen LogP contribution is -2.13. The number of pyridine rings is 2. The number of esters is 1. The number of rotatable bonds is 7. The van der Waals surface area contributed by atoms with Crippen molar-refractivity contribution in [1.82, 2.24) is 9.97 Å². The fraction of sp³-hybridized carbons (Fsp3) is 0.211. The number of carbonyl (C=O) groups excluding carboxylic acids is 1. The molecule has 0 aliphatic heterocycles. The van der Waals surface area contributed by atoms with Crippen molar-refractivity contribution in [3.05, 3.63) is 53.7 Å². The van der Waals surface area contributed by atoms with E-state index in [1.165, 1.54) is 25.4 Å². The van der Waals surface area contributed by atoms with Gasteiger partial charge in [0, 0.05) is 24.2 Å². The Morgan fingerprint density at radius 3 is 2.52 bits per heavy atom. The first kappa shape index (κ1) is 20.5. The number of methoxy groups -OCH3 is 1. The minimum atomic E-state index is -3.76. The highest BCUT2D eigenvalue weighted by molar-refractivity contribution is 7.89. The third kappa shape index (κ3) is 4.61. The van der Waals surface area contributed by atoms with Crippen LogP contribution in [0.3, 0.4) is 0 Å². The Kier molecular flexibility index (Phi) is 5.95. The highest BCUT2D eigenvalue weighted by Gasteiger charge is 2.18. The van der Waals surface area contributed by atoms with Gasteiger partial charge in [0.2, 0.25) is 15.9 Å². The Balaban J connectivity index is 1.96. The maximum Gasteiger partial charge on any atom is 0.341 e. The van der Waals surface area contributed by atoms with E-state index in [1.54, 1.807) is 31.2 Å². The Morgan fingerprint density at radius 2 is 1.90 bits per heavy atom. The first-order chi connectivity index (χ1) is 13.8. The standard InChI is InChI=1S/C19H20N4O5S/c1-3-28-19(24)15-11-22-18-14(8-9-16(23-18)27-2)17(15)21-10-12-4-6-13(7-5-12)29(20,25)26/h4-9,11H,3,10H2,1-2H3,(H2,20,25,26)(H,21,22,23). The largest absolute Gasteiger partial charge is 0.481 e. The maximum absolute atomic E-state index is 12.4. The SMILES string of the molecule is CCOC(=O)c1cnc2nc(OC)ccc2c1NCc1ccc(S(N)(=O)=O)cc1. The van der Waals surface area contributed by atoms with E-state index in [9.17, 15) is 13.2 Å². The average Bonchev–Trinajstić information content (AvgIpc) is 2.71. The molecule has 9 nitrogen and oxygen atoms in total. The number of primary sulfonamides is 1. The third-order valence-electron chi connectivity index (χ3n) is 4.13. The van der Waals surface area contributed by atoms with Crippen molar-refractivity contribution in [1.29, 1.82) is 0 Å². The zero-order valence-corrected chi connectivity index (χ0v) is 16.7. The van der Waals surface area contributed by atoms with Crippen LogP contribution in [0.15, 0.2) is 47.5 Å². The van der Waals surface area contributed by atoms with E-state index in [-0.39, 0.29) is 17.1 Å². The lowest BCUT2D eigenvalue weighted by atomic mass is 10.1. The summed E-state index contributed by atoms with van der Waals surface area (Å²) in [4.78, 5) is 20.9. The van der Waals surface area contributed by atoms with Crippen LogP contribution in [0, 0.1) is 0 Å². The molecule has 0 bridgehead atoms. The molecule has 2 heterocycles. The number of benzene rings is 1. The number of hydrogen-bond acceptors (Lipinski definition) is 8. The molecule has 0 spiro atoms. The summed E-state index contributed by atoms with van der Waals surface area (Å²) in [6, 6.07) is 9.56. The molecule has 3 rings (SSSR count). The summed E-state index contributed by atoms with van der Waals surface area (Å²) in [7, 11) is -2.25. The van der Waals surface area contributed by atoms with Crippen LogP contribution >= 0.6 is 0 Å². The summed E-state index contributed by atoms with van der Waals surface area (Å²) in [6.07, 6.45) is 1.40. The molecule has 0 fully saturated rings. The molecule has 29 heavy (non-hydrogen) atoms. The summed E-state index contributed by atoms with van der Waals surface area (Å²) in [5.41, 5.74) is 1.98. The van der Waals surface area contributed by atoms with E-state index in [0.717, 1.165) is 5.56 Å². The Morgan fingerprint density at radius 1 is 1.17 bits per heavy atom. The molecular weight excluding hydrogens is 396 g/mol. The lowest BCUT2D eigenvalue weighted by molar-refractivity contribution is 0.0527. The smallest absolute Gasteiger partial charge is 0.341 e. The second kappa shape index (κ2) is 8.41. The molecule has 152 valence electrons. The first-order valence-electron chi connectivity index (χ1n) is 8.70. The van der Waals surface area contributed by atoms with Crippen LogP contribution in [0.4, 0.5) is 5.69 Å². The summed E-state index contributed by atoms with van der Waals surface area (Å²) >= 11 is 0. The number of hydrogen-bond donors (Lipinski definition) is 2. The average molecular weight is 416 g/mol. The monoisotopic (exact) mass is 416 g/mol. The molecular formula is C19H20N4O5S. The zero-order chi connectivity index (χ0) is 21.0. The number of nitrogens with zero attached hydrogens (tertiary/aromatic N) is 2. The van der Waals surface area contributed by atoms with E-state index in [4.69, 9.17) is 14.6 Å². The van der Waals surface area contributed by atoms with Crippen molar-refractivity contribution in [2.75, 3.05) is 19.0 Å². The summed E-state index contributed by atoms with van der Waals surface area (Å²) < 4.78 is 33.0. The van der Waals surface area contributed by atoms with Crippen molar-refractivity contribution < 1.29 is 22.7 Å². The number of sulfonamides is 1. The Bertz CT molecular complexity index is 1150. The molecule has 3 aromatic rings. The second-order valence-electron chi connectivity index (χ2n) is 6.03. The number of ether oxygens (including phenoxy) is 2. The van der Waals surface area contributed by atoms with Gasteiger partial charge >= 0.3 is 5.97 Å². The molecule has 1 aromatic carbocycles. The van der Waals surface area contributed by atoms with Gasteiger partial charge in [0.1, 0.15) is 5.56 Å². The molecule has 0 saturated carbocycles. The normalized spacial score (nSPS) is 11.3. The fourth-order valence-corrected chi connectivity index (χ4v) is 3.23. The van der Waals surface area contributed by atoms with Crippen molar-refractivity contribution in [3.63, 3.8) is 0 Å². The minimum absolute atomic E-state index is 0.0270. The van der Waals surface area contributed by atoms with Crippen LogP contribution in [-0.2, 0) is 21.3 Å². The number of nitrogens with one attached hydrogen (secondary N) is 1. The van der Waals surface area contributed by atoms with Gasteiger partial charge in [0.25, 0.3) is 0 Å². The minimum Gasteiger partial charge on any atom is -0.481 e. The molecule has 0 radical (unpaired) electrons. The molecule has 0 amide bonds. The van der Waals surface area contributed by atoms with Crippen molar-refractivity contribution >= 4 is 32.7 Å². The van der Waals surface area contributed by atoms with E-state index in [1.807, 2.05) is 0 Å². The molecule has 0 aliphatic rings. The van der Waals surface area contributed by atoms with E-state index in [2.05, 4.69) is 15.3 Å². The fourth-order valence-electron chi connectivity index (χ4n) is 2.72. The summed E-state index contributed by atoms with van der Waals surface area (Å²) in [5.74, 6) is -0.108. The number of nitrogens with two attached hydrogens (primary N) is 1. The predicted molar refractivity (Wildman–Crippen MR) is 107 cm³/mol. The highest BCUT2D eigenvalue weighted by atomic mass is 32.2. The Hall–Kier alpha value is -3.24. The van der Waals surface area contributed by atoms with Gasteiger partial charge < -0.3 is 14.8 Å². The van der Waals surface area contributed by atoms with Crippen LogP contribution in [0.2, 0.25) is 0 Å². The second-order valence-corrected chi connectivity index (χ2v) is 7.60. The van der Waals surface area contributed by atoms with E-state index in [0.29, 0.717) is 29.1 Å². The molecule has 0 aliphatic carbocycles. The van der Waals surface area contributed by atoms with E-state index < -0.39 is 16.0 Å². The summed E-state index contributed by atoms with van der Waals surface area (Å²) in [5, 5.41) is 8.95. The van der Waals surface area contributed by atoms with Crippen LogP contribution in [0.25, 0.3) is 11.0 Å². The van der Waals surface area contributed by atoms with Crippen molar-refractivity contribution in [3.8, 4) is 5.88 Å². The van der Waals surface area contributed by atoms with Gasteiger partial charge in [-0.3, -0.25) is 0 Å². The van der Waals surface area contributed by atoms with Crippen LogP contribution in [-0.4, -0.2) is 38.1 Å². The number of anilines is 1. The van der Waals surface area contributed by atoms with Gasteiger partial charge in [0.15, 0.2) is 5.65 Å². The third-order valence-corrected chi connectivity index (χ3v) is 5.06. The maximum atomic E-state index is 12.4. The van der Waals surface area contributed by atoms with Gasteiger partial charge in [-0.15, -0.1) is 0 Å². The molecule has 0 unspecified atom stereocenters. The topological polar surface area (TPSA) is 134 Å². The van der Waals surface area contributed by atoms with Crippen LogP contribution in [0.1, 0.15) is 22.8 Å². The molecule has 2 aromatic heterocycles. The van der Waals surface area contributed by atoms with Crippen LogP contribution in [0.5, 0.6) is 5.88 Å².